The van der Waals surface area contributed by atoms with Crippen LogP contribution in [0.2, 0.25) is 0 Å². The summed E-state index contributed by atoms with van der Waals surface area (Å²) in [4.78, 5) is 33.9. The van der Waals surface area contributed by atoms with Gasteiger partial charge in [-0.25, -0.2) is 14.2 Å². The van der Waals surface area contributed by atoms with Gasteiger partial charge in [-0.1, -0.05) is 43.7 Å². The summed E-state index contributed by atoms with van der Waals surface area (Å²) < 4.78 is 16.8. The smallest absolute Gasteiger partial charge is 0.333 e. The van der Waals surface area contributed by atoms with Crippen molar-refractivity contribution in [2.24, 2.45) is 0 Å². The SMILES string of the molecule is CCCCn1c(=O)n(Cc2ccccc2F)c(=O)c2[nH]c(Cc3ccc(N)cc3)nc21.Cl. The van der Waals surface area contributed by atoms with Crippen LogP contribution in [0.1, 0.15) is 36.7 Å². The number of aromatic nitrogens is 4. The van der Waals surface area contributed by atoms with Gasteiger partial charge in [-0.3, -0.25) is 13.9 Å². The largest absolute Gasteiger partial charge is 0.399 e. The molecule has 0 spiro atoms. The average molecular weight is 458 g/mol. The minimum atomic E-state index is -0.507. The monoisotopic (exact) mass is 457 g/mol. The molecule has 0 saturated heterocycles. The first-order valence-corrected chi connectivity index (χ1v) is 10.3. The highest BCUT2D eigenvalue weighted by molar-refractivity contribution is 5.85. The first-order chi connectivity index (χ1) is 15.0. The van der Waals surface area contributed by atoms with E-state index >= 15 is 0 Å². The summed E-state index contributed by atoms with van der Waals surface area (Å²) in [5.74, 6) is 0.118. The number of nitrogen functional groups attached to an aromatic ring is 1. The van der Waals surface area contributed by atoms with E-state index < -0.39 is 17.1 Å². The molecular weight excluding hydrogens is 433 g/mol. The Morgan fingerprint density at radius 1 is 1.06 bits per heavy atom. The van der Waals surface area contributed by atoms with Crippen molar-refractivity contribution in [3.05, 3.63) is 92.1 Å². The number of nitrogens with one attached hydrogen (secondary N) is 1. The lowest BCUT2D eigenvalue weighted by Crippen LogP contribution is -2.40. The predicted molar refractivity (Wildman–Crippen MR) is 126 cm³/mol. The normalized spacial score (nSPS) is 10.9. The van der Waals surface area contributed by atoms with Gasteiger partial charge in [0.2, 0.25) is 0 Å². The number of anilines is 1. The van der Waals surface area contributed by atoms with Crippen molar-refractivity contribution >= 4 is 29.3 Å². The number of hydrogen-bond acceptors (Lipinski definition) is 4. The molecule has 0 unspecified atom stereocenters. The molecule has 0 bridgehead atoms. The summed E-state index contributed by atoms with van der Waals surface area (Å²) in [7, 11) is 0. The topological polar surface area (TPSA) is 98.7 Å². The number of nitrogens with two attached hydrogens (primary N) is 1. The number of imidazole rings is 1. The third kappa shape index (κ3) is 4.60. The molecule has 3 N–H and O–H groups in total. The number of nitrogens with zero attached hydrogens (tertiary/aromatic N) is 3. The maximum atomic E-state index is 14.2. The van der Waals surface area contributed by atoms with Gasteiger partial charge in [-0.2, -0.15) is 0 Å². The molecule has 0 aliphatic carbocycles. The zero-order valence-electron chi connectivity index (χ0n) is 17.7. The quantitative estimate of drug-likeness (QED) is 0.415. The summed E-state index contributed by atoms with van der Waals surface area (Å²) in [5.41, 5.74) is 7.25. The van der Waals surface area contributed by atoms with Crippen LogP contribution in [0.4, 0.5) is 10.1 Å². The number of fused-ring (bicyclic) bond motifs is 1. The molecule has 2 aromatic carbocycles. The van der Waals surface area contributed by atoms with Crippen LogP contribution in [-0.2, 0) is 19.5 Å². The van der Waals surface area contributed by atoms with E-state index in [0.717, 1.165) is 23.0 Å². The Bertz CT molecular complexity index is 1340. The molecule has 2 aromatic heterocycles. The number of H-pyrrole nitrogens is 1. The molecule has 2 heterocycles. The summed E-state index contributed by atoms with van der Waals surface area (Å²) in [5, 5.41) is 0. The van der Waals surface area contributed by atoms with Crippen LogP contribution in [0.15, 0.2) is 58.1 Å². The van der Waals surface area contributed by atoms with E-state index in [4.69, 9.17) is 5.73 Å². The Balaban J connectivity index is 0.00000289. The first-order valence-electron chi connectivity index (χ1n) is 10.3. The van der Waals surface area contributed by atoms with Gasteiger partial charge >= 0.3 is 5.69 Å². The van der Waals surface area contributed by atoms with E-state index in [1.165, 1.54) is 10.6 Å². The van der Waals surface area contributed by atoms with Gasteiger partial charge in [-0.15, -0.1) is 12.4 Å². The van der Waals surface area contributed by atoms with Crippen molar-refractivity contribution in [1.29, 1.82) is 0 Å². The molecule has 0 atom stereocenters. The number of halogens is 2. The second kappa shape index (κ2) is 9.82. The van der Waals surface area contributed by atoms with E-state index in [0.29, 0.717) is 30.1 Å². The van der Waals surface area contributed by atoms with Gasteiger partial charge in [0.05, 0.1) is 6.54 Å². The van der Waals surface area contributed by atoms with Crippen molar-refractivity contribution < 1.29 is 4.39 Å². The Labute approximate surface area is 190 Å². The highest BCUT2D eigenvalue weighted by Crippen LogP contribution is 2.14. The van der Waals surface area contributed by atoms with Crippen molar-refractivity contribution in [1.82, 2.24) is 19.1 Å². The Hall–Kier alpha value is -3.39. The fraction of sp³-hybridized carbons (Fsp3) is 0.261. The van der Waals surface area contributed by atoms with Gasteiger partial charge < -0.3 is 10.7 Å². The number of aryl methyl sites for hydroxylation is 1. The standard InChI is InChI=1S/C23H24FN5O2.ClH/c1-2-3-12-28-21-20(26-19(27-21)13-15-8-10-17(25)11-9-15)22(30)29(23(28)31)14-16-6-4-5-7-18(16)24;/h4-11H,2-3,12-14,25H2,1H3,(H,26,27);1H. The van der Waals surface area contributed by atoms with Crippen LogP contribution in [0.5, 0.6) is 0 Å². The lowest BCUT2D eigenvalue weighted by Gasteiger charge is -2.11. The zero-order valence-corrected chi connectivity index (χ0v) is 18.5. The molecule has 4 aromatic rings. The van der Waals surface area contributed by atoms with Crippen molar-refractivity contribution in [2.45, 2.75) is 39.3 Å². The molecule has 9 heteroatoms. The Morgan fingerprint density at radius 3 is 2.47 bits per heavy atom. The average Bonchev–Trinajstić information content (AvgIpc) is 3.18. The minimum Gasteiger partial charge on any atom is -0.399 e. The Morgan fingerprint density at radius 2 is 1.78 bits per heavy atom. The molecule has 0 fully saturated rings. The third-order valence-corrected chi connectivity index (χ3v) is 5.28. The number of benzene rings is 2. The van der Waals surface area contributed by atoms with Crippen LogP contribution < -0.4 is 17.0 Å². The molecular formula is C23H25ClFN5O2. The fourth-order valence-corrected chi connectivity index (χ4v) is 3.58. The highest BCUT2D eigenvalue weighted by Gasteiger charge is 2.18. The summed E-state index contributed by atoms with van der Waals surface area (Å²) in [6, 6.07) is 13.5. The fourth-order valence-electron chi connectivity index (χ4n) is 3.58. The molecule has 0 saturated carbocycles. The zero-order chi connectivity index (χ0) is 22.0. The molecule has 0 aliphatic heterocycles. The van der Waals surface area contributed by atoms with Crippen LogP contribution in [0.25, 0.3) is 11.2 Å². The summed E-state index contributed by atoms with van der Waals surface area (Å²) >= 11 is 0. The van der Waals surface area contributed by atoms with Gasteiger partial charge in [0, 0.05) is 24.2 Å². The lowest BCUT2D eigenvalue weighted by molar-refractivity contribution is 0.553. The van der Waals surface area contributed by atoms with Crippen molar-refractivity contribution in [3.63, 3.8) is 0 Å². The predicted octanol–water partition coefficient (Wildman–Crippen LogP) is 3.47. The second-order valence-corrected chi connectivity index (χ2v) is 7.57. The van der Waals surface area contributed by atoms with Crippen LogP contribution >= 0.6 is 12.4 Å². The minimum absolute atomic E-state index is 0. The highest BCUT2D eigenvalue weighted by atomic mass is 35.5. The molecule has 0 radical (unpaired) electrons. The third-order valence-electron chi connectivity index (χ3n) is 5.28. The van der Waals surface area contributed by atoms with E-state index in [2.05, 4.69) is 9.97 Å². The number of hydrogen-bond donors (Lipinski definition) is 2. The molecule has 32 heavy (non-hydrogen) atoms. The molecule has 4 rings (SSSR count). The van der Waals surface area contributed by atoms with Crippen molar-refractivity contribution in [3.8, 4) is 0 Å². The summed E-state index contributed by atoms with van der Waals surface area (Å²) in [6.07, 6.45) is 2.10. The molecule has 7 nitrogen and oxygen atoms in total. The van der Waals surface area contributed by atoms with E-state index in [1.54, 1.807) is 30.3 Å². The second-order valence-electron chi connectivity index (χ2n) is 7.57. The van der Waals surface area contributed by atoms with Crippen LogP contribution in [0, 0.1) is 5.82 Å². The first kappa shape index (κ1) is 23.3. The maximum absolute atomic E-state index is 14.2. The van der Waals surface area contributed by atoms with Crippen LogP contribution in [0.3, 0.4) is 0 Å². The van der Waals surface area contributed by atoms with Gasteiger partial charge in [0.25, 0.3) is 5.56 Å². The van der Waals surface area contributed by atoms with Gasteiger partial charge in [0.1, 0.15) is 17.2 Å². The molecule has 168 valence electrons. The molecule has 0 amide bonds. The maximum Gasteiger partial charge on any atom is 0.333 e. The lowest BCUT2D eigenvalue weighted by atomic mass is 10.1. The van der Waals surface area contributed by atoms with E-state index in [9.17, 15) is 14.0 Å². The van der Waals surface area contributed by atoms with Gasteiger partial charge in [0.15, 0.2) is 5.65 Å². The number of rotatable bonds is 7. The van der Waals surface area contributed by atoms with E-state index in [1.807, 2.05) is 19.1 Å². The Kier molecular flexibility index (Phi) is 7.15. The van der Waals surface area contributed by atoms with E-state index in [-0.39, 0.29) is 30.0 Å². The van der Waals surface area contributed by atoms with Crippen molar-refractivity contribution in [2.75, 3.05) is 5.73 Å². The molecule has 0 aliphatic rings. The summed E-state index contributed by atoms with van der Waals surface area (Å²) in [6.45, 7) is 2.31. The number of aromatic amines is 1. The number of unbranched alkanes of at least 4 members (excludes halogenated alkanes) is 1. The van der Waals surface area contributed by atoms with Crippen LogP contribution in [-0.4, -0.2) is 19.1 Å². The van der Waals surface area contributed by atoms with Gasteiger partial charge in [-0.05, 0) is 30.2 Å².